The fourth-order valence-electron chi connectivity index (χ4n) is 14.6. The maximum atomic E-state index is 13.9. The molecule has 0 spiro atoms. The van der Waals surface area contributed by atoms with Crippen molar-refractivity contribution in [1.29, 1.82) is 5.26 Å². The Bertz CT molecular complexity index is 8350. The van der Waals surface area contributed by atoms with Crippen molar-refractivity contribution in [3.05, 3.63) is 507 Å². The zero-order valence-corrected chi connectivity index (χ0v) is 86.8. The predicted octanol–water partition coefficient (Wildman–Crippen LogP) is 27.0. The third-order valence-corrected chi connectivity index (χ3v) is 21.9. The summed E-state index contributed by atoms with van der Waals surface area (Å²) in [4.78, 5) is 54.9. The van der Waals surface area contributed by atoms with Crippen LogP contribution in [0.15, 0.2) is 322 Å². The number of halogens is 8. The Morgan fingerprint density at radius 2 is 0.605 bits per heavy atom. The zero-order valence-electron chi connectivity index (χ0n) is 77.2. The molecule has 0 aliphatic carbocycles. The average Bonchev–Trinajstić information content (AvgIpc) is 1.79. The number of nitriles is 1. The minimum atomic E-state index is -1.36. The van der Waals surface area contributed by atoms with E-state index in [9.17, 15) is 55.4 Å². The van der Waals surface area contributed by atoms with Gasteiger partial charge < -0.3 is 58.1 Å². The van der Waals surface area contributed by atoms with E-state index in [1.807, 2.05) is 191 Å². The maximum absolute atomic E-state index is 13.9. The molecule has 0 radical (unpaired) electrons. The van der Waals surface area contributed by atoms with Crippen LogP contribution >= 0.6 is 0 Å². The molecule has 0 saturated heterocycles. The van der Waals surface area contributed by atoms with Crippen LogP contribution in [0.3, 0.4) is 0 Å². The Morgan fingerprint density at radius 3 is 0.912 bits per heavy atom. The van der Waals surface area contributed by atoms with Gasteiger partial charge in [-0.25, -0.2) is 29.1 Å². The molecule has 0 unspecified atom stereocenters. The van der Waals surface area contributed by atoms with Crippen molar-refractivity contribution in [2.24, 2.45) is 0 Å². The van der Waals surface area contributed by atoms with Crippen molar-refractivity contribution in [3.8, 4) is 73.8 Å². The minimum absolute atomic E-state index is 0. The van der Waals surface area contributed by atoms with Crippen LogP contribution in [0, 0.1) is 193 Å². The first-order valence-electron chi connectivity index (χ1n) is 43.4. The van der Waals surface area contributed by atoms with Crippen LogP contribution in [0.1, 0.15) is 33.4 Å². The number of aryl methyl sites for hydroxylation is 3. The van der Waals surface area contributed by atoms with E-state index in [1.165, 1.54) is 76.8 Å². The van der Waals surface area contributed by atoms with Gasteiger partial charge in [0.15, 0.2) is 5.69 Å². The van der Waals surface area contributed by atoms with E-state index in [4.69, 9.17) is 11.8 Å². The number of para-hydroxylation sites is 8. The quantitative estimate of drug-likeness (QED) is 0.0536. The summed E-state index contributed by atoms with van der Waals surface area (Å²) < 4.78 is 115. The fraction of sp³-hybridized carbons (Fsp3) is 0.0435. The van der Waals surface area contributed by atoms with Crippen LogP contribution in [-0.2, 0) is 80.4 Å². The number of nitrogens with zero attached hydrogens (tertiary/aromatic N) is 16. The molecule has 23 aromatic rings. The number of hydrogen-bond acceptors (Lipinski definition) is 13. The van der Waals surface area contributed by atoms with Crippen LogP contribution in [0.2, 0.25) is 0 Å². The number of imidazole rings is 4. The second kappa shape index (κ2) is 50.6. The van der Waals surface area contributed by atoms with Gasteiger partial charge in [-0.3, -0.25) is 55.4 Å². The third-order valence-electron chi connectivity index (χ3n) is 21.9. The molecule has 0 bridgehead atoms. The van der Waals surface area contributed by atoms with E-state index < -0.39 is 67.8 Å². The van der Waals surface area contributed by atoms with Gasteiger partial charge in [-0.05, 0) is 89.9 Å². The summed E-state index contributed by atoms with van der Waals surface area (Å²) >= 11 is 0. The second-order valence-corrected chi connectivity index (χ2v) is 31.5. The first kappa shape index (κ1) is 109. The summed E-state index contributed by atoms with van der Waals surface area (Å²) in [5, 5.41) is 37.2. The summed E-state index contributed by atoms with van der Waals surface area (Å²) in [6, 6.07) is 116. The Labute approximate surface area is 891 Å². The number of fused-ring (bicyclic) bond motifs is 7. The number of rotatable bonds is 10. The molecule has 0 N–H and O–H groups in total. The molecule has 23 rings (SSSR count). The van der Waals surface area contributed by atoms with Gasteiger partial charge in [0.1, 0.15) is 23.3 Å². The molecule has 0 saturated carbocycles. The first-order valence-corrected chi connectivity index (χ1v) is 43.4. The van der Waals surface area contributed by atoms with Gasteiger partial charge in [-0.2, -0.15) is 82.6 Å². The topological polar surface area (TPSA) is 237 Å². The number of aromatic nitrogens is 12. The standard InChI is InChI=1S/3C17H10N2.C14H7N3.2C13H10F2N.C12H4F2N3O2.C12H7F2N2O2.4Ir/c3*1-2-6-14-11-15(10-9-13(14)5-1)19-12-18-16-7-3-4-8-17(16)19;15-9-11-4-3-5-12(8-11)17-10-16-13-6-1-2-7-14(13)17;2*1-8-5-6-16-12(7-8)10-3-4-11(14)9(2)13(10)15;1-15-7-4-5-16-10(6-7)8-2-3-9(13)12(11(8)14)17(18)19;1-7-4-5-15-10(6-7)8-2-3-9(13)12(11(8)14)16(17)18;;;;/h3*1-9,11H;1-4,6-8H;2*4-7H,1-2H3;3-6H;3-6H,1H3;;;;/q4*-2;4*-1;4*+3. The number of nitro groups is 2. The van der Waals surface area contributed by atoms with Crippen molar-refractivity contribution >= 4 is 93.5 Å². The summed E-state index contributed by atoms with van der Waals surface area (Å²) in [6.07, 6.45) is 17.9. The SMILES string of the molecule is Cc1ccnc(-c2[c-]cc(F)c(C)c2F)c1.Cc1ccnc(-c2[c-]cc(F)c(C)c2F)c1.Cc1ccnc(-c2[c-]cc(F)c([N+](=O)[O-])c2F)c1.N#Cc1cc[c-]c(-n2[c-]nc3ccccc32)c1.[C-]#[N+]c1ccnc(-c2[c-]cc(F)c([N+](=O)[O-])c2F)c1.[Ir+3].[Ir+3].[Ir+3].[Ir+3].[c-]1cc2ccccc2cc1-n1[c-]nc2ccccc21.[c-]1cc2ccccc2cc1-n1[c-]nc2ccccc21.[c-]1cc2ccccc2cc1-n1[c-]nc2ccccc21. The minimum Gasteiger partial charge on any atom is -0.448 e. The summed E-state index contributed by atoms with van der Waals surface area (Å²) in [5.41, 5.74) is 13.5. The van der Waals surface area contributed by atoms with E-state index >= 15 is 0 Å². The second-order valence-electron chi connectivity index (χ2n) is 31.5. The Hall–Kier alpha value is -16.6. The van der Waals surface area contributed by atoms with Crippen molar-refractivity contribution in [1.82, 2.24) is 58.1 Å². The zero-order chi connectivity index (χ0) is 100. The summed E-state index contributed by atoms with van der Waals surface area (Å²) in [6.45, 7) is 15.2. The van der Waals surface area contributed by atoms with Crippen molar-refractivity contribution in [2.45, 2.75) is 34.6 Å². The normalized spacial score (nSPS) is 10.4. The van der Waals surface area contributed by atoms with Gasteiger partial charge in [-0.15, -0.1) is 99.0 Å². The molecule has 32 heteroatoms. The van der Waals surface area contributed by atoms with Crippen LogP contribution in [0.4, 0.5) is 52.2 Å². The number of nitro benzene ring substituents is 2. The molecular formula is C115H68F8Ir4N16O4. The molecule has 0 amide bonds. The molecule has 147 heavy (non-hydrogen) atoms. The van der Waals surface area contributed by atoms with Gasteiger partial charge in [0.25, 0.3) is 11.4 Å². The number of benzene rings is 15. The molecule has 0 atom stereocenters. The molecule has 8 heterocycles. The molecule has 0 aliphatic heterocycles. The van der Waals surface area contributed by atoms with Crippen molar-refractivity contribution in [2.75, 3.05) is 0 Å². The van der Waals surface area contributed by atoms with Gasteiger partial charge in [0, 0.05) is 83.2 Å². The van der Waals surface area contributed by atoms with Crippen molar-refractivity contribution < 1.29 is 125 Å². The molecule has 20 nitrogen and oxygen atoms in total. The molecule has 8 aromatic heterocycles. The molecular weight excluding hydrogens is 2590 g/mol. The van der Waals surface area contributed by atoms with Crippen LogP contribution < -0.4 is 0 Å². The predicted molar refractivity (Wildman–Crippen MR) is 529 cm³/mol. The molecule has 0 fully saturated rings. The molecule has 0 aliphatic rings. The van der Waals surface area contributed by atoms with Crippen LogP contribution in [-0.4, -0.2) is 68.0 Å². The van der Waals surface area contributed by atoms with Crippen molar-refractivity contribution in [3.63, 3.8) is 0 Å². The smallest absolute Gasteiger partial charge is 0.448 e. The van der Waals surface area contributed by atoms with Crippen LogP contribution in [0.25, 0.3) is 149 Å². The summed E-state index contributed by atoms with van der Waals surface area (Å²) in [5.74, 6) is -7.57. The Morgan fingerprint density at radius 1 is 0.327 bits per heavy atom. The molecule has 724 valence electrons. The fourth-order valence-corrected chi connectivity index (χ4v) is 14.6. The van der Waals surface area contributed by atoms with Gasteiger partial charge in [0.05, 0.1) is 12.6 Å². The van der Waals surface area contributed by atoms with E-state index in [2.05, 4.69) is 179 Å². The van der Waals surface area contributed by atoms with E-state index in [0.717, 1.165) is 102 Å². The van der Waals surface area contributed by atoms with E-state index in [1.54, 1.807) is 60.3 Å². The van der Waals surface area contributed by atoms with Gasteiger partial charge in [-0.1, -0.05) is 267 Å². The summed E-state index contributed by atoms with van der Waals surface area (Å²) in [7, 11) is 0. The average molecular weight is 2660 g/mol. The Kier molecular flexibility index (Phi) is 37.5. The maximum Gasteiger partial charge on any atom is 3.00 e. The van der Waals surface area contributed by atoms with Crippen LogP contribution in [0.5, 0.6) is 0 Å². The number of hydrogen-bond donors (Lipinski definition) is 0. The largest absolute Gasteiger partial charge is 3.00 e. The van der Waals surface area contributed by atoms with E-state index in [0.29, 0.717) is 23.0 Å². The first-order chi connectivity index (χ1) is 69.4. The van der Waals surface area contributed by atoms with Gasteiger partial charge >= 0.3 is 80.4 Å². The Balaban J connectivity index is 0.000000149. The molecule has 15 aromatic carbocycles. The van der Waals surface area contributed by atoms with E-state index in [-0.39, 0.29) is 131 Å². The third kappa shape index (κ3) is 25.8. The van der Waals surface area contributed by atoms with Gasteiger partial charge in [0.2, 0.25) is 0 Å². The monoisotopic (exact) mass is 2660 g/mol. The number of pyridine rings is 4.